The Bertz CT molecular complexity index is 840. The Balaban J connectivity index is 2.06. The quantitative estimate of drug-likeness (QED) is 0.670. The van der Waals surface area contributed by atoms with Crippen LogP contribution < -0.4 is 0 Å². The average molecular weight is 335 g/mol. The lowest BCUT2D eigenvalue weighted by atomic mass is 9.97. The summed E-state index contributed by atoms with van der Waals surface area (Å²) in [5, 5.41) is 5.12. The molecule has 8 heteroatoms. The molecule has 0 unspecified atom stereocenters. The molecule has 0 N–H and O–H groups in total. The Hall–Kier alpha value is -1.79. The molecule has 0 radical (unpaired) electrons. The molecule has 0 aromatic carbocycles. The normalized spacial score (nSPS) is 15.7. The van der Waals surface area contributed by atoms with Crippen molar-refractivity contribution in [3.8, 4) is 11.3 Å². The van der Waals surface area contributed by atoms with Crippen LogP contribution >= 0.6 is 23.2 Å². The minimum atomic E-state index is 0.350. The molecule has 112 valence electrons. The maximum absolute atomic E-state index is 6.44. The van der Waals surface area contributed by atoms with E-state index in [0.717, 1.165) is 24.1 Å². The third-order valence-electron chi connectivity index (χ3n) is 4.06. The van der Waals surface area contributed by atoms with Gasteiger partial charge in [0.1, 0.15) is 17.8 Å². The summed E-state index contributed by atoms with van der Waals surface area (Å²) < 4.78 is 1.76. The van der Waals surface area contributed by atoms with Gasteiger partial charge >= 0.3 is 0 Å². The first kappa shape index (κ1) is 13.8. The van der Waals surface area contributed by atoms with E-state index in [2.05, 4.69) is 25.0 Å². The van der Waals surface area contributed by atoms with Crippen molar-refractivity contribution < 1.29 is 0 Å². The van der Waals surface area contributed by atoms with Crippen molar-refractivity contribution in [2.45, 2.75) is 31.6 Å². The Kier molecular flexibility index (Phi) is 3.43. The molecule has 0 bridgehead atoms. The van der Waals surface area contributed by atoms with E-state index in [4.69, 9.17) is 23.2 Å². The van der Waals surface area contributed by atoms with Crippen molar-refractivity contribution in [1.82, 2.24) is 29.5 Å². The van der Waals surface area contributed by atoms with Crippen LogP contribution in [0, 0.1) is 0 Å². The van der Waals surface area contributed by atoms with E-state index in [1.54, 1.807) is 10.7 Å². The summed E-state index contributed by atoms with van der Waals surface area (Å²) in [5.41, 5.74) is 2.32. The van der Waals surface area contributed by atoms with Gasteiger partial charge in [0.05, 0.1) is 22.0 Å². The van der Waals surface area contributed by atoms with E-state index in [-0.39, 0.29) is 0 Å². The SMILES string of the molecule is Clc1cncnc1-c1c(Cl)nc2ncnn2c1C1CCCC1. The highest BCUT2D eigenvalue weighted by molar-refractivity contribution is 6.35. The van der Waals surface area contributed by atoms with Gasteiger partial charge in [-0.25, -0.2) is 14.5 Å². The van der Waals surface area contributed by atoms with Gasteiger partial charge in [-0.2, -0.15) is 15.1 Å². The standard InChI is InChI=1S/C14H12Cl2N6/c15-9-5-17-6-18-11(9)10-12(8-3-1-2-4-8)22-14(19-7-20-22)21-13(10)16/h5-8H,1-4H2. The molecule has 3 aromatic heterocycles. The van der Waals surface area contributed by atoms with Crippen molar-refractivity contribution in [3.05, 3.63) is 34.7 Å². The third kappa shape index (κ3) is 2.14. The highest BCUT2D eigenvalue weighted by Gasteiger charge is 2.28. The lowest BCUT2D eigenvalue weighted by molar-refractivity contribution is 0.663. The second-order valence-electron chi connectivity index (χ2n) is 5.34. The van der Waals surface area contributed by atoms with E-state index in [1.165, 1.54) is 25.5 Å². The molecule has 6 nitrogen and oxygen atoms in total. The summed E-state index contributed by atoms with van der Waals surface area (Å²) in [6, 6.07) is 0. The maximum atomic E-state index is 6.44. The summed E-state index contributed by atoms with van der Waals surface area (Å²) in [4.78, 5) is 16.7. The van der Waals surface area contributed by atoms with Crippen LogP contribution in [0.3, 0.4) is 0 Å². The lowest BCUT2D eigenvalue weighted by Crippen LogP contribution is -2.09. The molecule has 0 amide bonds. The predicted molar refractivity (Wildman–Crippen MR) is 83.0 cm³/mol. The second kappa shape index (κ2) is 5.44. The fraction of sp³-hybridized carbons (Fsp3) is 0.357. The lowest BCUT2D eigenvalue weighted by Gasteiger charge is -2.17. The van der Waals surface area contributed by atoms with Crippen LogP contribution in [0.25, 0.3) is 17.0 Å². The topological polar surface area (TPSA) is 68.9 Å². The first-order valence-electron chi connectivity index (χ1n) is 7.10. The molecule has 1 fully saturated rings. The number of nitrogens with zero attached hydrogens (tertiary/aromatic N) is 6. The van der Waals surface area contributed by atoms with Gasteiger partial charge in [-0.15, -0.1) is 0 Å². The molecule has 0 aliphatic heterocycles. The molecule has 0 atom stereocenters. The molecule has 22 heavy (non-hydrogen) atoms. The van der Waals surface area contributed by atoms with Gasteiger partial charge in [-0.05, 0) is 12.8 Å². The van der Waals surface area contributed by atoms with Crippen LogP contribution in [0.5, 0.6) is 0 Å². The number of aromatic nitrogens is 6. The summed E-state index contributed by atoms with van der Waals surface area (Å²) >= 11 is 12.7. The third-order valence-corrected chi connectivity index (χ3v) is 4.61. The zero-order chi connectivity index (χ0) is 15.1. The first-order chi connectivity index (χ1) is 10.8. The van der Waals surface area contributed by atoms with E-state index in [1.807, 2.05) is 0 Å². The van der Waals surface area contributed by atoms with Gasteiger partial charge in [0.25, 0.3) is 5.78 Å². The van der Waals surface area contributed by atoms with Gasteiger partial charge in [0, 0.05) is 12.1 Å². The summed E-state index contributed by atoms with van der Waals surface area (Å²) in [6.45, 7) is 0. The fourth-order valence-corrected chi connectivity index (χ4v) is 3.59. The number of hydrogen-bond donors (Lipinski definition) is 0. The highest BCUT2D eigenvalue weighted by atomic mass is 35.5. The second-order valence-corrected chi connectivity index (χ2v) is 6.10. The molecular weight excluding hydrogens is 323 g/mol. The molecule has 1 aliphatic rings. The minimum Gasteiger partial charge on any atom is -0.243 e. The van der Waals surface area contributed by atoms with Crippen LogP contribution in [0.15, 0.2) is 18.9 Å². The monoisotopic (exact) mass is 334 g/mol. The van der Waals surface area contributed by atoms with Gasteiger partial charge in [-0.3, -0.25) is 0 Å². The smallest absolute Gasteiger partial charge is 0.243 e. The van der Waals surface area contributed by atoms with Crippen molar-refractivity contribution in [2.24, 2.45) is 0 Å². The summed E-state index contributed by atoms with van der Waals surface area (Å²) in [6.07, 6.45) is 9.07. The largest absolute Gasteiger partial charge is 0.253 e. The average Bonchev–Trinajstić information content (AvgIpc) is 3.17. The number of fused-ring (bicyclic) bond motifs is 1. The molecule has 4 rings (SSSR count). The van der Waals surface area contributed by atoms with Crippen molar-refractivity contribution in [1.29, 1.82) is 0 Å². The van der Waals surface area contributed by atoms with Gasteiger partial charge in [-0.1, -0.05) is 36.0 Å². The Morgan fingerprint density at radius 1 is 1.09 bits per heavy atom. The number of rotatable bonds is 2. The van der Waals surface area contributed by atoms with Crippen LogP contribution in [0.4, 0.5) is 0 Å². The van der Waals surface area contributed by atoms with Crippen LogP contribution in [-0.4, -0.2) is 29.5 Å². The molecule has 1 saturated carbocycles. The minimum absolute atomic E-state index is 0.350. The van der Waals surface area contributed by atoms with Crippen LogP contribution in [0.1, 0.15) is 37.3 Å². The van der Waals surface area contributed by atoms with E-state index >= 15 is 0 Å². The van der Waals surface area contributed by atoms with E-state index < -0.39 is 0 Å². The Morgan fingerprint density at radius 2 is 1.91 bits per heavy atom. The molecule has 1 aliphatic carbocycles. The Morgan fingerprint density at radius 3 is 2.68 bits per heavy atom. The summed E-state index contributed by atoms with van der Waals surface area (Å²) in [5.74, 6) is 0.853. The zero-order valence-corrected chi connectivity index (χ0v) is 13.1. The fourth-order valence-electron chi connectivity index (χ4n) is 3.13. The maximum Gasteiger partial charge on any atom is 0.253 e. The van der Waals surface area contributed by atoms with Crippen molar-refractivity contribution in [2.75, 3.05) is 0 Å². The van der Waals surface area contributed by atoms with Crippen LogP contribution in [0.2, 0.25) is 10.2 Å². The zero-order valence-electron chi connectivity index (χ0n) is 11.6. The Labute approximate surface area is 136 Å². The first-order valence-corrected chi connectivity index (χ1v) is 7.86. The molecule has 3 heterocycles. The van der Waals surface area contributed by atoms with Gasteiger partial charge in [0.15, 0.2) is 0 Å². The number of halogens is 2. The van der Waals surface area contributed by atoms with E-state index in [0.29, 0.717) is 27.6 Å². The van der Waals surface area contributed by atoms with Crippen molar-refractivity contribution in [3.63, 3.8) is 0 Å². The summed E-state index contributed by atoms with van der Waals surface area (Å²) in [7, 11) is 0. The van der Waals surface area contributed by atoms with Gasteiger partial charge in [0.2, 0.25) is 0 Å². The van der Waals surface area contributed by atoms with Crippen molar-refractivity contribution >= 4 is 29.0 Å². The van der Waals surface area contributed by atoms with Crippen LogP contribution in [-0.2, 0) is 0 Å². The predicted octanol–water partition coefficient (Wildman–Crippen LogP) is 3.55. The molecule has 0 spiro atoms. The molecule has 0 saturated heterocycles. The van der Waals surface area contributed by atoms with Gasteiger partial charge < -0.3 is 0 Å². The molecular formula is C14H12Cl2N6. The van der Waals surface area contributed by atoms with E-state index in [9.17, 15) is 0 Å². The number of hydrogen-bond acceptors (Lipinski definition) is 5. The molecule has 3 aromatic rings. The highest BCUT2D eigenvalue weighted by Crippen LogP contribution is 2.42.